The van der Waals surface area contributed by atoms with E-state index in [1.54, 1.807) is 31.8 Å². The summed E-state index contributed by atoms with van der Waals surface area (Å²) in [6, 6.07) is -0.561. The van der Waals surface area contributed by atoms with Crippen LogP contribution in [0.1, 0.15) is 27.2 Å². The second kappa shape index (κ2) is 7.84. The molecule has 9 heteroatoms. The number of aliphatic hydroxyl groups excluding tert-OH is 1. The smallest absolute Gasteiger partial charge is 0.326 e. The molecule has 4 atom stereocenters. The highest BCUT2D eigenvalue weighted by atomic mass is 79.9. The molecule has 3 amide bonds. The Morgan fingerprint density at radius 2 is 2.16 bits per heavy atom. The highest BCUT2D eigenvalue weighted by Gasteiger charge is 2.43. The molecule has 2 aliphatic heterocycles. The standard InChI is InChI=1S/C16H23BrN2O6/c1-16(2,3)14(22)24-8-11-10(20)6-12(25-11)19-7-9(4-5-17)13(21)18-15(19)23/h4-5,9-12,20H,6-8H2,1-3H3,(H,18,21,23)/b5-4+. The van der Waals surface area contributed by atoms with Gasteiger partial charge in [-0.25, -0.2) is 4.79 Å². The number of carbonyl (C=O) groups is 3. The highest BCUT2D eigenvalue weighted by Crippen LogP contribution is 2.27. The molecule has 0 aromatic heterocycles. The van der Waals surface area contributed by atoms with E-state index in [2.05, 4.69) is 21.2 Å². The molecular weight excluding hydrogens is 396 g/mol. The molecule has 2 saturated heterocycles. The first-order chi connectivity index (χ1) is 11.6. The fraction of sp³-hybridized carbons (Fsp3) is 0.688. The van der Waals surface area contributed by atoms with Crippen molar-refractivity contribution in [3.63, 3.8) is 0 Å². The Morgan fingerprint density at radius 3 is 2.76 bits per heavy atom. The second-order valence-corrected chi connectivity index (χ2v) is 7.68. The number of halogens is 1. The zero-order valence-corrected chi connectivity index (χ0v) is 16.0. The van der Waals surface area contributed by atoms with Crippen molar-refractivity contribution in [2.24, 2.45) is 11.3 Å². The fourth-order valence-corrected chi connectivity index (χ4v) is 2.93. The Kier molecular flexibility index (Phi) is 6.23. The Labute approximate surface area is 154 Å². The van der Waals surface area contributed by atoms with Gasteiger partial charge in [0.05, 0.1) is 17.4 Å². The molecule has 0 bridgehead atoms. The van der Waals surface area contributed by atoms with Gasteiger partial charge in [0.15, 0.2) is 0 Å². The van der Waals surface area contributed by atoms with E-state index in [4.69, 9.17) is 9.47 Å². The lowest BCUT2D eigenvalue weighted by Crippen LogP contribution is -2.57. The number of carbonyl (C=O) groups excluding carboxylic acids is 3. The maximum absolute atomic E-state index is 12.1. The molecule has 0 aliphatic carbocycles. The summed E-state index contributed by atoms with van der Waals surface area (Å²) < 4.78 is 10.9. The number of hydrogen-bond acceptors (Lipinski definition) is 6. The van der Waals surface area contributed by atoms with Crippen molar-refractivity contribution < 1.29 is 29.0 Å². The maximum atomic E-state index is 12.1. The van der Waals surface area contributed by atoms with Crippen LogP contribution < -0.4 is 5.32 Å². The van der Waals surface area contributed by atoms with Gasteiger partial charge in [0.1, 0.15) is 18.9 Å². The van der Waals surface area contributed by atoms with Crippen molar-refractivity contribution in [2.75, 3.05) is 13.2 Å². The summed E-state index contributed by atoms with van der Waals surface area (Å²) >= 11 is 3.12. The van der Waals surface area contributed by atoms with Crippen LogP contribution in [0, 0.1) is 11.3 Å². The third-order valence-corrected chi connectivity index (χ3v) is 4.37. The van der Waals surface area contributed by atoms with Crippen LogP contribution in [0.25, 0.3) is 0 Å². The molecule has 8 nitrogen and oxygen atoms in total. The number of rotatable bonds is 4. The largest absolute Gasteiger partial charge is 0.462 e. The topological polar surface area (TPSA) is 105 Å². The number of urea groups is 1. The van der Waals surface area contributed by atoms with Gasteiger partial charge in [-0.05, 0) is 25.8 Å². The van der Waals surface area contributed by atoms with Crippen LogP contribution in [0.2, 0.25) is 0 Å². The number of nitrogens with one attached hydrogen (secondary N) is 1. The fourth-order valence-electron chi connectivity index (χ4n) is 2.56. The third kappa shape index (κ3) is 4.80. The molecule has 0 saturated carbocycles. The second-order valence-electron chi connectivity index (χ2n) is 7.15. The normalized spacial score (nSPS) is 30.7. The lowest BCUT2D eigenvalue weighted by atomic mass is 9.97. The predicted octanol–water partition coefficient (Wildman–Crippen LogP) is 1.13. The van der Waals surface area contributed by atoms with Crippen molar-refractivity contribution >= 4 is 33.8 Å². The van der Waals surface area contributed by atoms with E-state index in [1.807, 2.05) is 0 Å². The number of ether oxygens (including phenoxy) is 2. The van der Waals surface area contributed by atoms with Crippen LogP contribution in [0.5, 0.6) is 0 Å². The number of esters is 1. The van der Waals surface area contributed by atoms with E-state index in [9.17, 15) is 19.5 Å². The van der Waals surface area contributed by atoms with Gasteiger partial charge in [-0.2, -0.15) is 0 Å². The van der Waals surface area contributed by atoms with Gasteiger partial charge < -0.3 is 14.6 Å². The van der Waals surface area contributed by atoms with Crippen molar-refractivity contribution in [3.05, 3.63) is 11.1 Å². The minimum atomic E-state index is -0.867. The molecule has 140 valence electrons. The van der Waals surface area contributed by atoms with Crippen LogP contribution >= 0.6 is 15.9 Å². The maximum Gasteiger partial charge on any atom is 0.326 e. The zero-order valence-electron chi connectivity index (χ0n) is 14.4. The third-order valence-electron chi connectivity index (χ3n) is 4.07. The Balaban J connectivity index is 1.96. The van der Waals surface area contributed by atoms with E-state index in [0.29, 0.717) is 0 Å². The minimum Gasteiger partial charge on any atom is -0.462 e. The van der Waals surface area contributed by atoms with Crippen LogP contribution in [-0.4, -0.2) is 59.5 Å². The molecule has 4 unspecified atom stereocenters. The van der Waals surface area contributed by atoms with Crippen molar-refractivity contribution in [1.29, 1.82) is 0 Å². The van der Waals surface area contributed by atoms with E-state index < -0.39 is 41.8 Å². The number of imide groups is 1. The molecule has 2 aliphatic rings. The molecule has 2 N–H and O–H groups in total. The summed E-state index contributed by atoms with van der Waals surface area (Å²) in [6.45, 7) is 5.26. The summed E-state index contributed by atoms with van der Waals surface area (Å²) in [5.74, 6) is -1.28. The first-order valence-corrected chi connectivity index (χ1v) is 8.94. The summed E-state index contributed by atoms with van der Waals surface area (Å²) in [4.78, 5) is 38.6. The van der Waals surface area contributed by atoms with Crippen LogP contribution in [-0.2, 0) is 19.1 Å². The molecule has 2 rings (SSSR count). The highest BCUT2D eigenvalue weighted by molar-refractivity contribution is 9.11. The van der Waals surface area contributed by atoms with Gasteiger partial charge >= 0.3 is 12.0 Å². The van der Waals surface area contributed by atoms with Crippen molar-refractivity contribution in [2.45, 2.75) is 45.6 Å². The SMILES string of the molecule is CC(C)(C)C(=O)OCC1OC(N2CC(/C=C/Br)C(=O)NC2=O)CC1O. The van der Waals surface area contributed by atoms with Gasteiger partial charge in [-0.3, -0.25) is 19.8 Å². The summed E-state index contributed by atoms with van der Waals surface area (Å²) in [5, 5.41) is 12.4. The van der Waals surface area contributed by atoms with Gasteiger partial charge in [-0.15, -0.1) is 0 Å². The number of aliphatic hydroxyl groups is 1. The number of amides is 3. The van der Waals surface area contributed by atoms with Crippen LogP contribution in [0.15, 0.2) is 11.1 Å². The molecule has 2 fully saturated rings. The number of hydrogen-bond donors (Lipinski definition) is 2. The van der Waals surface area contributed by atoms with Gasteiger partial charge in [-0.1, -0.05) is 22.0 Å². The molecule has 25 heavy (non-hydrogen) atoms. The summed E-state index contributed by atoms with van der Waals surface area (Å²) in [6.07, 6.45) is -0.458. The van der Waals surface area contributed by atoms with Gasteiger partial charge in [0, 0.05) is 13.0 Å². The average Bonchev–Trinajstić information content (AvgIpc) is 2.87. The molecule has 0 aromatic carbocycles. The monoisotopic (exact) mass is 418 g/mol. The molecule has 0 radical (unpaired) electrons. The molecule has 0 spiro atoms. The molecule has 2 heterocycles. The van der Waals surface area contributed by atoms with Crippen LogP contribution in [0.3, 0.4) is 0 Å². The van der Waals surface area contributed by atoms with Gasteiger partial charge in [0.2, 0.25) is 5.91 Å². The summed E-state index contributed by atoms with van der Waals surface area (Å²) in [7, 11) is 0. The van der Waals surface area contributed by atoms with E-state index in [-0.39, 0.29) is 25.5 Å². The van der Waals surface area contributed by atoms with E-state index in [0.717, 1.165) is 0 Å². The lowest BCUT2D eigenvalue weighted by molar-refractivity contribution is -0.160. The quantitative estimate of drug-likeness (QED) is 0.662. The molecule has 0 aromatic rings. The molecular formula is C16H23BrN2O6. The minimum absolute atomic E-state index is 0.0904. The summed E-state index contributed by atoms with van der Waals surface area (Å²) in [5.41, 5.74) is -0.648. The van der Waals surface area contributed by atoms with Crippen LogP contribution in [0.4, 0.5) is 4.79 Å². The zero-order chi connectivity index (χ0) is 18.8. The van der Waals surface area contributed by atoms with Gasteiger partial charge in [0.25, 0.3) is 0 Å². The van der Waals surface area contributed by atoms with Crippen molar-refractivity contribution in [1.82, 2.24) is 10.2 Å². The predicted molar refractivity (Wildman–Crippen MR) is 91.5 cm³/mol. The van der Waals surface area contributed by atoms with E-state index in [1.165, 1.54) is 4.90 Å². The Morgan fingerprint density at radius 1 is 1.48 bits per heavy atom. The van der Waals surface area contributed by atoms with E-state index >= 15 is 0 Å². The Hall–Kier alpha value is -1.45. The lowest BCUT2D eigenvalue weighted by Gasteiger charge is -2.34. The first kappa shape index (κ1) is 19.9. The number of nitrogens with zero attached hydrogens (tertiary/aromatic N) is 1. The first-order valence-electron chi connectivity index (χ1n) is 8.02. The Bertz CT molecular complexity index is 573. The average molecular weight is 419 g/mol. The van der Waals surface area contributed by atoms with Crippen molar-refractivity contribution in [3.8, 4) is 0 Å².